The quantitative estimate of drug-likeness (QED) is 0.711. The molecular weight excluding hydrogens is 317 g/mol. The van der Waals surface area contributed by atoms with E-state index < -0.39 is 20.6 Å². The molecule has 3 nitrogen and oxygen atoms in total. The molecule has 0 saturated carbocycles. The molecule has 1 heterocycles. The maximum atomic E-state index is 2.82. The average Bonchev–Trinajstić information content (AvgIpc) is 1.95. The molecule has 1 aliphatic heterocycles. The van der Waals surface area contributed by atoms with Gasteiger partial charge in [0, 0.05) is 0 Å². The molecule has 0 aliphatic carbocycles. The van der Waals surface area contributed by atoms with Gasteiger partial charge in [0.05, 0.1) is 0 Å². The van der Waals surface area contributed by atoms with Crippen LogP contribution in [0.2, 0.25) is 0 Å². The minimum atomic E-state index is -1.77. The van der Waals surface area contributed by atoms with Gasteiger partial charge in [-0.25, -0.2) is 0 Å². The fourth-order valence-corrected chi connectivity index (χ4v) is 12.0. The van der Waals surface area contributed by atoms with Crippen LogP contribution in [0.5, 0.6) is 0 Å². The Morgan fingerprint density at radius 1 is 0.941 bits per heavy atom. The fraction of sp³-hybridized carbons (Fsp3) is 1.00. The van der Waals surface area contributed by atoms with Crippen molar-refractivity contribution in [3.05, 3.63) is 0 Å². The van der Waals surface area contributed by atoms with Crippen molar-refractivity contribution < 1.29 is 0 Å². The van der Waals surface area contributed by atoms with Gasteiger partial charge >= 0.3 is 116 Å². The molecule has 101 valence electrons. The van der Waals surface area contributed by atoms with Crippen LogP contribution >= 0.6 is 0 Å². The van der Waals surface area contributed by atoms with Gasteiger partial charge in [0.15, 0.2) is 0 Å². The van der Waals surface area contributed by atoms with E-state index in [4.69, 9.17) is 0 Å². The molecule has 0 atom stereocenters. The first-order chi connectivity index (χ1) is 7.51. The molecule has 0 aromatic rings. The summed E-state index contributed by atoms with van der Waals surface area (Å²) < 4.78 is 8.16. The molecule has 1 radical (unpaired) electrons. The van der Waals surface area contributed by atoms with Gasteiger partial charge in [-0.15, -0.1) is 0 Å². The first-order valence-electron chi connectivity index (χ1n) is 6.64. The van der Waals surface area contributed by atoms with E-state index in [1.165, 1.54) is 6.42 Å². The minimum absolute atomic E-state index is 0.307. The van der Waals surface area contributed by atoms with Crippen molar-refractivity contribution in [2.45, 2.75) is 72.1 Å². The Morgan fingerprint density at radius 2 is 1.29 bits per heavy atom. The first-order valence-corrected chi connectivity index (χ1v) is 10.5. The molecule has 1 saturated heterocycles. The second-order valence-electron chi connectivity index (χ2n) is 7.16. The summed E-state index contributed by atoms with van der Waals surface area (Å²) in [5, 5.41) is 0. The standard InChI is InChI=1S/C11H24N2.C2H6N.Sn/c1-8-9(12-10(2,3)4)13-11(5,6)7;1-3-2;/h9H,8H2,1-7H3;1-2H3;/q-2;-1;+3. The molecule has 0 amide bonds. The molecule has 1 aliphatic rings. The molecule has 0 spiro atoms. The second-order valence-corrected chi connectivity index (χ2v) is 14.2. The van der Waals surface area contributed by atoms with Crippen molar-refractivity contribution >= 4 is 20.6 Å². The van der Waals surface area contributed by atoms with E-state index in [0.717, 1.165) is 0 Å². The third-order valence-corrected chi connectivity index (χ3v) is 13.5. The summed E-state index contributed by atoms with van der Waals surface area (Å²) in [6.07, 6.45) is 1.87. The Balaban J connectivity index is 3.02. The first kappa shape index (κ1) is 15.7. The average molecular weight is 347 g/mol. The molecule has 0 N–H and O–H groups in total. The van der Waals surface area contributed by atoms with Gasteiger partial charge in [-0.3, -0.25) is 0 Å². The molecular formula is C13H30N3Sn. The summed E-state index contributed by atoms with van der Waals surface area (Å²) in [6.45, 7) is 16.5. The van der Waals surface area contributed by atoms with Crippen LogP contribution in [0.15, 0.2) is 0 Å². The Morgan fingerprint density at radius 3 is 1.47 bits per heavy atom. The van der Waals surface area contributed by atoms with Crippen LogP contribution in [0.4, 0.5) is 0 Å². The molecule has 0 aromatic carbocycles. The van der Waals surface area contributed by atoms with Gasteiger partial charge in [-0.1, -0.05) is 0 Å². The molecule has 1 fully saturated rings. The molecule has 0 unspecified atom stereocenters. The molecule has 17 heavy (non-hydrogen) atoms. The van der Waals surface area contributed by atoms with Crippen molar-refractivity contribution in [1.29, 1.82) is 0 Å². The van der Waals surface area contributed by atoms with E-state index >= 15 is 0 Å². The van der Waals surface area contributed by atoms with Gasteiger partial charge in [0.1, 0.15) is 0 Å². The third kappa shape index (κ3) is 2.99. The molecule has 4 heteroatoms. The van der Waals surface area contributed by atoms with Crippen molar-refractivity contribution in [3.8, 4) is 0 Å². The third-order valence-electron chi connectivity index (χ3n) is 3.24. The van der Waals surface area contributed by atoms with Gasteiger partial charge in [-0.05, 0) is 0 Å². The van der Waals surface area contributed by atoms with Crippen LogP contribution in [0.25, 0.3) is 0 Å². The van der Waals surface area contributed by atoms with E-state index in [1.54, 1.807) is 0 Å². The fourth-order valence-electron chi connectivity index (χ4n) is 2.73. The Kier molecular flexibility index (Phi) is 4.61. The van der Waals surface area contributed by atoms with Crippen molar-refractivity contribution in [1.82, 2.24) is 9.36 Å². The summed E-state index contributed by atoms with van der Waals surface area (Å²) in [7, 11) is 4.52. The number of hydrogen-bond donors (Lipinski definition) is 0. The zero-order valence-electron chi connectivity index (χ0n) is 13.1. The topological polar surface area (TPSA) is 9.72 Å². The number of nitrogens with zero attached hydrogens (tertiary/aromatic N) is 3. The molecule has 0 bridgehead atoms. The summed E-state index contributed by atoms with van der Waals surface area (Å²) >= 11 is -1.77. The van der Waals surface area contributed by atoms with Crippen LogP contribution in [0, 0.1) is 0 Å². The van der Waals surface area contributed by atoms with Crippen LogP contribution in [-0.2, 0) is 0 Å². The van der Waals surface area contributed by atoms with Crippen molar-refractivity contribution in [2.75, 3.05) is 14.1 Å². The summed E-state index contributed by atoms with van der Waals surface area (Å²) in [4.78, 5) is 0. The predicted molar refractivity (Wildman–Crippen MR) is 76.7 cm³/mol. The van der Waals surface area contributed by atoms with Crippen LogP contribution in [0.1, 0.15) is 54.9 Å². The zero-order chi connectivity index (χ0) is 13.6. The molecule has 0 aromatic heterocycles. The summed E-state index contributed by atoms with van der Waals surface area (Å²) in [5.41, 5.74) is 0.614. The maximum absolute atomic E-state index is 2.82. The monoisotopic (exact) mass is 348 g/mol. The van der Waals surface area contributed by atoms with Gasteiger partial charge in [0.25, 0.3) is 0 Å². The van der Waals surface area contributed by atoms with Gasteiger partial charge in [-0.2, -0.15) is 0 Å². The predicted octanol–water partition coefficient (Wildman–Crippen LogP) is 2.48. The number of hydrogen-bond acceptors (Lipinski definition) is 3. The molecule has 1 rings (SSSR count). The Labute approximate surface area is 116 Å². The van der Waals surface area contributed by atoms with Crippen LogP contribution in [-0.4, -0.2) is 61.3 Å². The van der Waals surface area contributed by atoms with Gasteiger partial charge < -0.3 is 0 Å². The SMILES string of the molecule is CCC1[N](C(C)(C)C)[Sn]([N](C)C)[N]1C(C)(C)C. The Hall–Kier alpha value is 0.679. The van der Waals surface area contributed by atoms with Crippen molar-refractivity contribution in [3.63, 3.8) is 0 Å². The van der Waals surface area contributed by atoms with Gasteiger partial charge in [0.2, 0.25) is 0 Å². The number of rotatable bonds is 2. The van der Waals surface area contributed by atoms with E-state index in [-0.39, 0.29) is 0 Å². The Bertz CT molecular complexity index is 243. The summed E-state index contributed by atoms with van der Waals surface area (Å²) in [6, 6.07) is 0. The zero-order valence-corrected chi connectivity index (χ0v) is 16.0. The van der Waals surface area contributed by atoms with E-state index in [0.29, 0.717) is 17.2 Å². The second kappa shape index (κ2) is 4.98. The van der Waals surface area contributed by atoms with Crippen LogP contribution in [0.3, 0.4) is 0 Å². The van der Waals surface area contributed by atoms with Crippen molar-refractivity contribution in [2.24, 2.45) is 0 Å². The van der Waals surface area contributed by atoms with E-state index in [2.05, 4.69) is 71.9 Å². The van der Waals surface area contributed by atoms with E-state index in [9.17, 15) is 0 Å². The summed E-state index contributed by atoms with van der Waals surface area (Å²) in [5.74, 6) is 0. The van der Waals surface area contributed by atoms with E-state index in [1.807, 2.05) is 0 Å². The van der Waals surface area contributed by atoms with Crippen LogP contribution < -0.4 is 0 Å². The normalized spacial score (nSPS) is 22.2.